The van der Waals surface area contributed by atoms with Crippen LogP contribution >= 0.6 is 34.8 Å². The van der Waals surface area contributed by atoms with Crippen molar-refractivity contribution in [1.29, 1.82) is 0 Å². The molecule has 0 aromatic heterocycles. The smallest absolute Gasteiger partial charge is 0.407 e. The van der Waals surface area contributed by atoms with Crippen molar-refractivity contribution in [3.05, 3.63) is 105 Å². The maximum absolute atomic E-state index is 12.0. The van der Waals surface area contributed by atoms with Crippen molar-refractivity contribution in [2.75, 3.05) is 13.7 Å². The van der Waals surface area contributed by atoms with Gasteiger partial charge in [-0.1, -0.05) is 90.5 Å². The molecule has 0 radical (unpaired) electrons. The summed E-state index contributed by atoms with van der Waals surface area (Å²) in [5.41, 5.74) is 7.90. The van der Waals surface area contributed by atoms with E-state index in [-0.39, 0.29) is 28.3 Å². The molecule has 3 aliphatic rings. The van der Waals surface area contributed by atoms with Crippen molar-refractivity contribution < 1.29 is 24.9 Å². The number of benzene rings is 3. The predicted molar refractivity (Wildman–Crippen MR) is 248 cm³/mol. The first-order chi connectivity index (χ1) is 28.0. The zero-order valence-electron chi connectivity index (χ0n) is 37.2. The summed E-state index contributed by atoms with van der Waals surface area (Å²) < 4.78 is 5.05. The van der Waals surface area contributed by atoms with Crippen LogP contribution in [0.3, 0.4) is 0 Å². The molecule has 3 aromatic rings. The van der Waals surface area contributed by atoms with E-state index in [2.05, 4.69) is 34.9 Å². The van der Waals surface area contributed by atoms with Crippen molar-refractivity contribution in [3.8, 4) is 0 Å². The molecular weight excluding hydrogens is 817 g/mol. The topological polar surface area (TPSA) is 137 Å². The van der Waals surface area contributed by atoms with E-state index in [4.69, 9.17) is 45.3 Å². The number of likely N-dealkylation sites (N-methyl/N-ethyl adjacent to an activating group) is 1. The zero-order valence-corrected chi connectivity index (χ0v) is 39.5. The molecule has 334 valence electrons. The third-order valence-corrected chi connectivity index (χ3v) is 13.8. The summed E-state index contributed by atoms with van der Waals surface area (Å²) in [6.45, 7) is 13.0. The number of ether oxygens (including phenoxy) is 1. The van der Waals surface area contributed by atoms with Gasteiger partial charge in [-0.2, -0.15) is 0 Å². The van der Waals surface area contributed by atoms with Crippen LogP contribution in [0.25, 0.3) is 0 Å². The average Bonchev–Trinajstić information content (AvgIpc) is 3.07. The fourth-order valence-corrected chi connectivity index (χ4v) is 9.95. The van der Waals surface area contributed by atoms with Crippen LogP contribution in [0.5, 0.6) is 0 Å². The van der Waals surface area contributed by atoms with E-state index < -0.39 is 22.9 Å². The molecule has 7 N–H and O–H groups in total. The number of amides is 1. The Bertz CT molecular complexity index is 1770. The molecule has 0 saturated heterocycles. The lowest BCUT2D eigenvalue weighted by Crippen LogP contribution is -2.56. The molecular formula is C49H72Cl3N3O5. The fourth-order valence-electron chi connectivity index (χ4n) is 9.57. The first kappa shape index (κ1) is 50.2. The lowest BCUT2D eigenvalue weighted by molar-refractivity contribution is 0.0305. The normalized spacial score (nSPS) is 19.2. The Labute approximate surface area is 375 Å². The Morgan fingerprint density at radius 1 is 0.617 bits per heavy atom. The third-order valence-electron chi connectivity index (χ3n) is 13.1. The molecule has 0 unspecified atom stereocenters. The molecule has 8 nitrogen and oxygen atoms in total. The van der Waals surface area contributed by atoms with Gasteiger partial charge in [-0.25, -0.2) is 4.79 Å². The number of carbonyl (C=O) groups excluding carboxylic acids is 1. The van der Waals surface area contributed by atoms with Gasteiger partial charge in [0, 0.05) is 49.4 Å². The molecule has 6 rings (SSSR count). The number of alkyl carbamates (subject to hydrolysis) is 1. The molecule has 60 heavy (non-hydrogen) atoms. The minimum atomic E-state index is -0.876. The summed E-state index contributed by atoms with van der Waals surface area (Å²) in [6, 6.07) is 24.1. The molecule has 3 saturated carbocycles. The maximum Gasteiger partial charge on any atom is 0.407 e. The van der Waals surface area contributed by atoms with E-state index in [0.717, 1.165) is 54.1 Å². The lowest BCUT2D eigenvalue weighted by Gasteiger charge is -2.49. The molecule has 3 aliphatic carbocycles. The van der Waals surface area contributed by atoms with Crippen LogP contribution in [0.1, 0.15) is 142 Å². The molecule has 3 fully saturated rings. The molecule has 0 bridgehead atoms. The molecule has 11 heteroatoms. The van der Waals surface area contributed by atoms with Gasteiger partial charge in [-0.3, -0.25) is 0 Å². The molecule has 0 spiro atoms. The van der Waals surface area contributed by atoms with E-state index in [0.29, 0.717) is 30.5 Å². The molecule has 3 atom stereocenters. The van der Waals surface area contributed by atoms with Crippen LogP contribution in [0.15, 0.2) is 72.8 Å². The number of nitrogens with one attached hydrogen (secondary N) is 2. The number of aliphatic hydroxyl groups is 3. The van der Waals surface area contributed by atoms with Crippen LogP contribution in [0.2, 0.25) is 15.1 Å². The summed E-state index contributed by atoms with van der Waals surface area (Å²) in [5.74, 6) is 0. The van der Waals surface area contributed by atoms with E-state index in [9.17, 15) is 20.1 Å². The van der Waals surface area contributed by atoms with Gasteiger partial charge in [0.25, 0.3) is 0 Å². The summed E-state index contributed by atoms with van der Waals surface area (Å²) in [4.78, 5) is 12.0. The number of rotatable bonds is 15. The monoisotopic (exact) mass is 887 g/mol. The second kappa shape index (κ2) is 20.9. The molecule has 0 aliphatic heterocycles. The Balaban J connectivity index is 0.000000200. The summed E-state index contributed by atoms with van der Waals surface area (Å²) >= 11 is 17.9. The highest BCUT2D eigenvalue weighted by Gasteiger charge is 2.49. The van der Waals surface area contributed by atoms with Gasteiger partial charge < -0.3 is 36.4 Å². The van der Waals surface area contributed by atoms with Crippen LogP contribution < -0.4 is 16.4 Å². The Hall–Kier alpha value is -2.40. The summed E-state index contributed by atoms with van der Waals surface area (Å²) in [5, 5.41) is 39.0. The summed E-state index contributed by atoms with van der Waals surface area (Å²) in [6.07, 6.45) is 11.5. The van der Waals surface area contributed by atoms with Crippen LogP contribution in [0.4, 0.5) is 4.79 Å². The van der Waals surface area contributed by atoms with Crippen molar-refractivity contribution in [3.63, 3.8) is 0 Å². The third kappa shape index (κ3) is 13.3. The van der Waals surface area contributed by atoms with E-state index >= 15 is 0 Å². The number of nitrogens with two attached hydrogens (primary N) is 1. The van der Waals surface area contributed by atoms with Crippen molar-refractivity contribution >= 4 is 40.9 Å². The predicted octanol–water partition coefficient (Wildman–Crippen LogP) is 10.8. The highest BCUT2D eigenvalue weighted by Crippen LogP contribution is 2.50. The van der Waals surface area contributed by atoms with Gasteiger partial charge in [-0.15, -0.1) is 0 Å². The van der Waals surface area contributed by atoms with E-state index in [1.54, 1.807) is 20.8 Å². The minimum absolute atomic E-state index is 0.00701. The van der Waals surface area contributed by atoms with E-state index in [1.807, 2.05) is 83.3 Å². The van der Waals surface area contributed by atoms with Crippen LogP contribution in [-0.2, 0) is 21.0 Å². The second-order valence-corrected chi connectivity index (χ2v) is 20.8. The average molecular weight is 889 g/mol. The Morgan fingerprint density at radius 2 is 0.933 bits per heavy atom. The van der Waals surface area contributed by atoms with Gasteiger partial charge in [-0.05, 0) is 166 Å². The number of carbonyl (C=O) groups is 1. The van der Waals surface area contributed by atoms with E-state index in [1.165, 1.54) is 36.8 Å². The van der Waals surface area contributed by atoms with Gasteiger partial charge in [0.2, 0.25) is 0 Å². The quantitative estimate of drug-likeness (QED) is 0.0894. The minimum Gasteiger partial charge on any atom is -0.450 e. The van der Waals surface area contributed by atoms with Crippen LogP contribution in [0, 0.1) is 0 Å². The summed E-state index contributed by atoms with van der Waals surface area (Å²) in [7, 11) is 1.99. The maximum atomic E-state index is 12.0. The van der Waals surface area contributed by atoms with Crippen molar-refractivity contribution in [1.82, 2.24) is 10.6 Å². The number of halogens is 3. The molecule has 1 amide bonds. The molecule has 0 heterocycles. The first-order valence-corrected chi connectivity index (χ1v) is 22.9. The fraction of sp³-hybridized carbons (Fsp3) is 0.612. The first-order valence-electron chi connectivity index (χ1n) is 21.8. The van der Waals surface area contributed by atoms with Crippen LogP contribution in [-0.4, -0.2) is 70.0 Å². The van der Waals surface area contributed by atoms with Gasteiger partial charge in [0.05, 0.1) is 23.4 Å². The standard InChI is InChI=1S/C18H26ClNO3.C16H24ClNO.C15H22ClNO/c1-4-23-16(21)20-15(12-17(2,3)22)18(10-5-11-18)13-6-8-14(19)9-7-13;1-15(2,19)11-14(18-3)16(9-4-10-16)12-5-7-13(17)8-6-12;1-14(2,18)10-13(17)15(8-3-9-15)11-4-6-12(16)7-5-11/h6-9,15,22H,4-5,10-12H2,1-3H3,(H,20,21);5-8,14,18-19H,4,9-11H2,1-3H3;4-7,13,18H,3,8-10,17H2,1-2H3/t15-;14-;13-/m000/s1. The highest BCUT2D eigenvalue weighted by molar-refractivity contribution is 6.31. The highest BCUT2D eigenvalue weighted by atomic mass is 35.5. The Kier molecular flexibility index (Phi) is 17.5. The van der Waals surface area contributed by atoms with Gasteiger partial charge in [0.1, 0.15) is 0 Å². The zero-order chi connectivity index (χ0) is 44.6. The SMILES string of the molecule is CC(C)(O)C[C@H](N)C1(c2ccc(Cl)cc2)CCC1.CCOC(=O)N[C@@H](CC(C)(C)O)C1(c2ccc(Cl)cc2)CCC1.CN[C@@H](CC(C)(C)O)C1(c2ccc(Cl)cc2)CCC1. The number of hydrogen-bond acceptors (Lipinski definition) is 7. The molecule has 3 aromatic carbocycles. The Morgan fingerprint density at radius 3 is 1.22 bits per heavy atom. The van der Waals surface area contributed by atoms with Gasteiger partial charge >= 0.3 is 6.09 Å². The van der Waals surface area contributed by atoms with Crippen molar-refractivity contribution in [2.45, 2.75) is 177 Å². The second-order valence-electron chi connectivity index (χ2n) is 19.5. The van der Waals surface area contributed by atoms with Crippen molar-refractivity contribution in [2.24, 2.45) is 5.73 Å². The largest absolute Gasteiger partial charge is 0.450 e. The number of hydrogen-bond donors (Lipinski definition) is 6. The van der Waals surface area contributed by atoms with Gasteiger partial charge in [0.15, 0.2) is 0 Å². The lowest BCUT2D eigenvalue weighted by atomic mass is 9.58.